The first-order chi connectivity index (χ1) is 23.0. The van der Waals surface area contributed by atoms with E-state index < -0.39 is 64.8 Å². The monoisotopic (exact) mass is 718 g/mol. The fourth-order valence-corrected chi connectivity index (χ4v) is 6.14. The minimum Gasteiger partial charge on any atom is -0.495 e. The number of methoxy groups -OCH3 is 1. The highest BCUT2D eigenvalue weighted by Gasteiger charge is 2.38. The van der Waals surface area contributed by atoms with Gasteiger partial charge in [-0.25, -0.2) is 4.79 Å². The van der Waals surface area contributed by atoms with Crippen molar-refractivity contribution in [3.63, 3.8) is 0 Å². The first kappa shape index (κ1) is 39.8. The van der Waals surface area contributed by atoms with Gasteiger partial charge in [-0.3, -0.25) is 14.4 Å². The number of ether oxygens (including phenoxy) is 3. The summed E-state index contributed by atoms with van der Waals surface area (Å²) >= 11 is 13.1. The summed E-state index contributed by atoms with van der Waals surface area (Å²) in [6, 6.07) is 11.4. The summed E-state index contributed by atoms with van der Waals surface area (Å²) in [5.74, 6) is -2.88. The Morgan fingerprint density at radius 2 is 1.76 bits per heavy atom. The molecule has 2 aromatic rings. The Bertz CT molecular complexity index is 1510. The topological polar surface area (TPSA) is 140 Å². The number of nitrogens with one attached hydrogen (secondary N) is 2. The molecule has 1 aliphatic heterocycles. The van der Waals surface area contributed by atoms with Crippen molar-refractivity contribution in [2.75, 3.05) is 13.7 Å². The summed E-state index contributed by atoms with van der Waals surface area (Å²) in [7, 11) is 1.49. The van der Waals surface area contributed by atoms with Gasteiger partial charge in [0.2, 0.25) is 11.8 Å². The lowest BCUT2D eigenvalue weighted by atomic mass is 9.89. The van der Waals surface area contributed by atoms with Crippen molar-refractivity contribution in [1.29, 1.82) is 0 Å². The Kier molecular flexibility index (Phi) is 14.5. The van der Waals surface area contributed by atoms with Gasteiger partial charge in [-0.1, -0.05) is 68.8 Å². The Morgan fingerprint density at radius 1 is 1.06 bits per heavy atom. The normalized spacial score (nSPS) is 23.4. The molecule has 0 aliphatic carbocycles. The molecule has 0 fully saturated rings. The van der Waals surface area contributed by atoms with Crippen LogP contribution in [0.1, 0.15) is 69.5 Å². The molecule has 1 aliphatic rings. The van der Waals surface area contributed by atoms with E-state index in [9.17, 15) is 24.3 Å². The van der Waals surface area contributed by atoms with Gasteiger partial charge >= 0.3 is 11.9 Å². The van der Waals surface area contributed by atoms with Gasteiger partial charge in [-0.15, -0.1) is 11.6 Å². The van der Waals surface area contributed by atoms with E-state index in [4.69, 9.17) is 37.4 Å². The highest BCUT2D eigenvalue weighted by atomic mass is 35.5. The van der Waals surface area contributed by atoms with E-state index in [1.807, 2.05) is 45.0 Å². The lowest BCUT2D eigenvalue weighted by Gasteiger charge is -2.32. The Hall–Kier alpha value is -3.60. The number of rotatable bonds is 9. The van der Waals surface area contributed by atoms with Crippen molar-refractivity contribution in [2.24, 2.45) is 17.3 Å². The maximum atomic E-state index is 13.6. The van der Waals surface area contributed by atoms with Gasteiger partial charge in [0.1, 0.15) is 17.9 Å². The Labute approximate surface area is 298 Å². The standard InChI is InChI=1S/C37H48Cl2N2O8/c1-21(2)17-30-35(45)48-28(23(4)33(43)32(39)25-12-9-8-11-22(25)3)13-10-14-31(42)41-27(19-24-15-16-29(47-7)26(38)18-24)34(44)40-20-37(5,6)36(46)49-30/h8-12,14-16,18,21,23,27-28,30,32-33,43H,13,17,19-20H2,1-7H3,(H,40,44)(H,41,42)/b14-10+/t23-,27+,28-,30-,32-,33+/m0/s1. The molecular weight excluding hydrogens is 671 g/mol. The second-order valence-corrected chi connectivity index (χ2v) is 14.5. The fraction of sp³-hybridized carbons (Fsp3) is 0.514. The molecule has 3 rings (SSSR count). The van der Waals surface area contributed by atoms with Crippen LogP contribution in [-0.2, 0) is 35.1 Å². The molecule has 12 heteroatoms. The third kappa shape index (κ3) is 11.2. The van der Waals surface area contributed by atoms with E-state index in [-0.39, 0.29) is 31.7 Å². The summed E-state index contributed by atoms with van der Waals surface area (Å²) in [5.41, 5.74) is 1.04. The smallest absolute Gasteiger partial charge is 0.347 e. The van der Waals surface area contributed by atoms with Crippen molar-refractivity contribution in [3.8, 4) is 5.75 Å². The summed E-state index contributed by atoms with van der Waals surface area (Å²) in [6.45, 7) is 10.4. The van der Waals surface area contributed by atoms with Crippen molar-refractivity contribution < 1.29 is 38.5 Å². The Balaban J connectivity index is 1.97. The van der Waals surface area contributed by atoms with Crippen LogP contribution in [0.3, 0.4) is 0 Å². The molecule has 1 heterocycles. The van der Waals surface area contributed by atoms with Crippen molar-refractivity contribution >= 4 is 47.0 Å². The Morgan fingerprint density at radius 3 is 2.39 bits per heavy atom. The number of hydrogen-bond donors (Lipinski definition) is 3. The van der Waals surface area contributed by atoms with Gasteiger partial charge in [-0.05, 0) is 68.0 Å². The van der Waals surface area contributed by atoms with Crippen LogP contribution in [0.2, 0.25) is 5.02 Å². The molecule has 2 amide bonds. The molecule has 49 heavy (non-hydrogen) atoms. The first-order valence-electron chi connectivity index (χ1n) is 16.4. The minimum absolute atomic E-state index is 0.0214. The summed E-state index contributed by atoms with van der Waals surface area (Å²) < 4.78 is 16.9. The predicted octanol–water partition coefficient (Wildman–Crippen LogP) is 5.63. The number of benzene rings is 2. The maximum Gasteiger partial charge on any atom is 0.347 e. The molecule has 0 unspecified atom stereocenters. The molecular formula is C37H48Cl2N2O8. The highest BCUT2D eigenvalue weighted by Crippen LogP contribution is 2.34. The zero-order valence-corrected chi connectivity index (χ0v) is 30.6. The molecule has 268 valence electrons. The second kappa shape index (κ2) is 17.9. The molecule has 0 radical (unpaired) electrons. The van der Waals surface area contributed by atoms with Gasteiger partial charge in [0.25, 0.3) is 0 Å². The van der Waals surface area contributed by atoms with E-state index in [1.165, 1.54) is 19.3 Å². The molecule has 0 saturated carbocycles. The van der Waals surface area contributed by atoms with Gasteiger partial charge in [0, 0.05) is 25.3 Å². The molecule has 10 nitrogen and oxygen atoms in total. The molecule has 0 aromatic heterocycles. The van der Waals surface area contributed by atoms with Crippen LogP contribution in [0.25, 0.3) is 0 Å². The van der Waals surface area contributed by atoms with Crippen LogP contribution in [-0.4, -0.2) is 66.9 Å². The quantitative estimate of drug-likeness (QED) is 0.224. The first-order valence-corrected chi connectivity index (χ1v) is 17.2. The molecule has 6 atom stereocenters. The van der Waals surface area contributed by atoms with E-state index in [0.29, 0.717) is 16.3 Å². The lowest BCUT2D eigenvalue weighted by Crippen LogP contribution is -2.51. The molecule has 0 bridgehead atoms. The van der Waals surface area contributed by atoms with Crippen LogP contribution >= 0.6 is 23.2 Å². The zero-order valence-electron chi connectivity index (χ0n) is 29.1. The number of amides is 2. The largest absolute Gasteiger partial charge is 0.495 e. The third-order valence-corrected chi connectivity index (χ3v) is 9.35. The van der Waals surface area contributed by atoms with E-state index in [0.717, 1.165) is 11.1 Å². The number of halogens is 2. The van der Waals surface area contributed by atoms with Crippen molar-refractivity contribution in [3.05, 3.63) is 76.3 Å². The number of alkyl halides is 1. The van der Waals surface area contributed by atoms with E-state index >= 15 is 0 Å². The summed E-state index contributed by atoms with van der Waals surface area (Å²) in [6.07, 6.45) is -0.292. The van der Waals surface area contributed by atoms with Crippen molar-refractivity contribution in [2.45, 2.75) is 90.5 Å². The number of esters is 2. The molecule has 0 spiro atoms. The second-order valence-electron chi connectivity index (χ2n) is 13.6. The number of aliphatic hydroxyl groups is 1. The predicted molar refractivity (Wildman–Crippen MR) is 188 cm³/mol. The van der Waals surface area contributed by atoms with E-state index in [2.05, 4.69) is 10.6 Å². The van der Waals surface area contributed by atoms with Gasteiger partial charge in [0.05, 0.1) is 29.0 Å². The number of cyclic esters (lactones) is 2. The average molecular weight is 720 g/mol. The van der Waals surface area contributed by atoms with Crippen LogP contribution in [0, 0.1) is 24.2 Å². The highest BCUT2D eigenvalue weighted by molar-refractivity contribution is 6.32. The van der Waals surface area contributed by atoms with Crippen LogP contribution in [0.4, 0.5) is 0 Å². The van der Waals surface area contributed by atoms with Crippen LogP contribution in [0.15, 0.2) is 54.6 Å². The average Bonchev–Trinajstić information content (AvgIpc) is 3.04. The summed E-state index contributed by atoms with van der Waals surface area (Å²) in [4.78, 5) is 53.7. The summed E-state index contributed by atoms with van der Waals surface area (Å²) in [5, 5.41) is 16.4. The van der Waals surface area contributed by atoms with Crippen LogP contribution in [0.5, 0.6) is 5.75 Å². The molecule has 0 saturated heterocycles. The number of aryl methyl sites for hydroxylation is 1. The number of carbonyl (C=O) groups excluding carboxylic acids is 4. The third-order valence-electron chi connectivity index (χ3n) is 8.56. The van der Waals surface area contributed by atoms with Crippen LogP contribution < -0.4 is 15.4 Å². The molecule has 3 N–H and O–H groups in total. The zero-order chi connectivity index (χ0) is 36.5. The molecule has 2 aromatic carbocycles. The number of aliphatic hydroxyl groups excluding tert-OH is 1. The number of hydrogen-bond acceptors (Lipinski definition) is 8. The minimum atomic E-state index is -1.25. The SMILES string of the molecule is COc1ccc(C[C@H]2NC(=O)/C=C/C[C@@H]([C@H](C)[C@@H](O)[C@@H](Cl)c3ccccc3C)OC(=O)[C@H](CC(C)C)OC(=O)C(C)(C)CNC2=O)cc1Cl. The maximum absolute atomic E-state index is 13.6. The van der Waals surface area contributed by atoms with Gasteiger partial charge in [0.15, 0.2) is 6.10 Å². The van der Waals surface area contributed by atoms with Crippen molar-refractivity contribution in [1.82, 2.24) is 10.6 Å². The van der Waals surface area contributed by atoms with E-state index in [1.54, 1.807) is 39.0 Å². The van der Waals surface area contributed by atoms with Gasteiger partial charge < -0.3 is 30.0 Å². The lowest BCUT2D eigenvalue weighted by molar-refractivity contribution is -0.180. The fourth-order valence-electron chi connectivity index (χ4n) is 5.39. The van der Waals surface area contributed by atoms with Gasteiger partial charge in [-0.2, -0.15) is 0 Å². The number of carbonyl (C=O) groups is 4.